The van der Waals surface area contributed by atoms with E-state index < -0.39 is 0 Å². The summed E-state index contributed by atoms with van der Waals surface area (Å²) in [4.78, 5) is 32.8. The summed E-state index contributed by atoms with van der Waals surface area (Å²) >= 11 is 0. The van der Waals surface area contributed by atoms with Crippen molar-refractivity contribution in [2.24, 2.45) is 0 Å². The van der Waals surface area contributed by atoms with Gasteiger partial charge in [-0.15, -0.1) is 0 Å². The number of imide groups is 1. The van der Waals surface area contributed by atoms with Crippen LogP contribution >= 0.6 is 0 Å². The molecule has 4 rings (SSSR count). The fraction of sp³-hybridized carbons (Fsp3) is 0.333. The number of piperazine rings is 1. The molecule has 0 unspecified atom stereocenters. The third kappa shape index (κ3) is 3.71. The highest BCUT2D eigenvalue weighted by molar-refractivity contribution is 6.45. The zero-order valence-electron chi connectivity index (χ0n) is 17.5. The molecule has 0 atom stereocenters. The summed E-state index contributed by atoms with van der Waals surface area (Å²) < 4.78 is 5.58. The van der Waals surface area contributed by atoms with Crippen molar-refractivity contribution < 1.29 is 14.3 Å². The standard InChI is InChI=1S/C24H27N3O3/c1-3-25-13-15-26(16-14-25)22-21(18-9-6-5-7-10-18)23(28)27(24(22)29)19-11-8-12-20(17-19)30-4-2/h5-12,17H,3-4,13-16H2,1-2H3. The van der Waals surface area contributed by atoms with E-state index in [1.54, 1.807) is 18.2 Å². The van der Waals surface area contributed by atoms with Crippen LogP contribution in [-0.4, -0.2) is 60.9 Å². The zero-order chi connectivity index (χ0) is 21.1. The number of hydrogen-bond donors (Lipinski definition) is 0. The largest absolute Gasteiger partial charge is 0.494 e. The molecule has 2 heterocycles. The van der Waals surface area contributed by atoms with E-state index in [0.29, 0.717) is 29.3 Å². The highest BCUT2D eigenvalue weighted by atomic mass is 16.5. The minimum absolute atomic E-state index is 0.266. The lowest BCUT2D eigenvalue weighted by molar-refractivity contribution is -0.120. The van der Waals surface area contributed by atoms with Gasteiger partial charge < -0.3 is 14.5 Å². The van der Waals surface area contributed by atoms with Gasteiger partial charge in [-0.2, -0.15) is 0 Å². The number of likely N-dealkylation sites (N-methyl/N-ethyl adjacent to an activating group) is 1. The van der Waals surface area contributed by atoms with Crippen molar-refractivity contribution >= 4 is 23.1 Å². The summed E-state index contributed by atoms with van der Waals surface area (Å²) in [5.41, 5.74) is 2.29. The first-order valence-electron chi connectivity index (χ1n) is 10.5. The van der Waals surface area contributed by atoms with Crippen LogP contribution in [0.1, 0.15) is 19.4 Å². The Morgan fingerprint density at radius 1 is 0.867 bits per heavy atom. The highest BCUT2D eigenvalue weighted by Crippen LogP contribution is 2.36. The van der Waals surface area contributed by atoms with Crippen LogP contribution in [0.2, 0.25) is 0 Å². The van der Waals surface area contributed by atoms with E-state index >= 15 is 0 Å². The molecule has 30 heavy (non-hydrogen) atoms. The number of ether oxygens (including phenoxy) is 1. The van der Waals surface area contributed by atoms with Crippen molar-refractivity contribution in [1.82, 2.24) is 9.80 Å². The van der Waals surface area contributed by atoms with Gasteiger partial charge in [-0.05, 0) is 31.2 Å². The molecule has 2 aromatic rings. The first kappa shape index (κ1) is 20.2. The Bertz CT molecular complexity index is 963. The maximum atomic E-state index is 13.6. The number of anilines is 1. The molecule has 0 bridgehead atoms. The van der Waals surface area contributed by atoms with Crippen LogP contribution in [0.25, 0.3) is 5.57 Å². The lowest BCUT2D eigenvalue weighted by Crippen LogP contribution is -2.47. The van der Waals surface area contributed by atoms with Crippen LogP contribution in [0.3, 0.4) is 0 Å². The smallest absolute Gasteiger partial charge is 0.282 e. The number of carbonyl (C=O) groups excluding carboxylic acids is 2. The minimum atomic E-state index is -0.284. The van der Waals surface area contributed by atoms with Gasteiger partial charge in [0.15, 0.2) is 0 Å². The van der Waals surface area contributed by atoms with Crippen LogP contribution < -0.4 is 9.64 Å². The van der Waals surface area contributed by atoms with Crippen LogP contribution in [0, 0.1) is 0 Å². The second kappa shape index (κ2) is 8.71. The molecule has 2 aliphatic heterocycles. The molecule has 0 aromatic heterocycles. The van der Waals surface area contributed by atoms with E-state index in [2.05, 4.69) is 16.7 Å². The molecule has 1 saturated heterocycles. The first-order chi connectivity index (χ1) is 14.6. The number of benzene rings is 2. The monoisotopic (exact) mass is 405 g/mol. The summed E-state index contributed by atoms with van der Waals surface area (Å²) in [6, 6.07) is 16.6. The molecular formula is C24H27N3O3. The van der Waals surface area contributed by atoms with Gasteiger partial charge >= 0.3 is 0 Å². The molecule has 0 saturated carbocycles. The van der Waals surface area contributed by atoms with Crippen molar-refractivity contribution in [2.75, 3.05) is 44.2 Å². The molecule has 0 aliphatic carbocycles. The van der Waals surface area contributed by atoms with Crippen molar-refractivity contribution in [1.29, 1.82) is 0 Å². The van der Waals surface area contributed by atoms with E-state index in [9.17, 15) is 9.59 Å². The third-order valence-electron chi connectivity index (χ3n) is 5.64. The topological polar surface area (TPSA) is 53.1 Å². The molecule has 0 N–H and O–H groups in total. The number of amides is 2. The summed E-state index contributed by atoms with van der Waals surface area (Å²) in [5, 5.41) is 0. The van der Waals surface area contributed by atoms with Crippen molar-refractivity contribution in [3.8, 4) is 5.75 Å². The maximum absolute atomic E-state index is 13.6. The van der Waals surface area contributed by atoms with Gasteiger partial charge in [-0.25, -0.2) is 4.90 Å². The van der Waals surface area contributed by atoms with Gasteiger partial charge in [0.2, 0.25) is 0 Å². The molecule has 2 aromatic carbocycles. The van der Waals surface area contributed by atoms with Gasteiger partial charge in [0.05, 0.1) is 17.9 Å². The summed E-state index contributed by atoms with van der Waals surface area (Å²) in [6.07, 6.45) is 0. The Morgan fingerprint density at radius 2 is 1.60 bits per heavy atom. The number of nitrogens with zero attached hydrogens (tertiary/aromatic N) is 3. The van der Waals surface area contributed by atoms with Gasteiger partial charge in [0.1, 0.15) is 11.4 Å². The average Bonchev–Trinajstić information content (AvgIpc) is 3.05. The Hall–Kier alpha value is -3.12. The Kier molecular flexibility index (Phi) is 5.86. The summed E-state index contributed by atoms with van der Waals surface area (Å²) in [7, 11) is 0. The van der Waals surface area contributed by atoms with Crippen LogP contribution in [0.4, 0.5) is 5.69 Å². The minimum Gasteiger partial charge on any atom is -0.494 e. The SMILES string of the molecule is CCOc1cccc(N2C(=O)C(c3ccccc3)=C(N3CCN(CC)CC3)C2=O)c1. The van der Waals surface area contributed by atoms with Gasteiger partial charge in [-0.1, -0.05) is 43.3 Å². The van der Waals surface area contributed by atoms with E-state index in [1.807, 2.05) is 43.3 Å². The zero-order valence-corrected chi connectivity index (χ0v) is 17.5. The Balaban J connectivity index is 1.74. The van der Waals surface area contributed by atoms with Crippen LogP contribution in [-0.2, 0) is 9.59 Å². The molecule has 0 radical (unpaired) electrons. The van der Waals surface area contributed by atoms with Crippen molar-refractivity contribution in [2.45, 2.75) is 13.8 Å². The van der Waals surface area contributed by atoms with E-state index in [0.717, 1.165) is 38.3 Å². The summed E-state index contributed by atoms with van der Waals surface area (Å²) in [6.45, 7) is 8.76. The van der Waals surface area contributed by atoms with E-state index in [1.165, 1.54) is 4.90 Å². The lowest BCUT2D eigenvalue weighted by Gasteiger charge is -2.36. The van der Waals surface area contributed by atoms with Crippen LogP contribution in [0.5, 0.6) is 5.75 Å². The lowest BCUT2D eigenvalue weighted by atomic mass is 10.0. The summed E-state index contributed by atoms with van der Waals surface area (Å²) in [5.74, 6) is 0.0899. The van der Waals surface area contributed by atoms with Gasteiger partial charge in [0.25, 0.3) is 11.8 Å². The number of hydrogen-bond acceptors (Lipinski definition) is 5. The highest BCUT2D eigenvalue weighted by Gasteiger charge is 2.43. The molecule has 0 spiro atoms. The second-order valence-corrected chi connectivity index (χ2v) is 7.39. The van der Waals surface area contributed by atoms with Gasteiger partial charge in [0, 0.05) is 32.2 Å². The van der Waals surface area contributed by atoms with Gasteiger partial charge in [-0.3, -0.25) is 9.59 Å². The van der Waals surface area contributed by atoms with Crippen molar-refractivity contribution in [3.63, 3.8) is 0 Å². The molecule has 1 fully saturated rings. The Labute approximate surface area is 177 Å². The van der Waals surface area contributed by atoms with Crippen molar-refractivity contribution in [3.05, 3.63) is 65.9 Å². The van der Waals surface area contributed by atoms with E-state index in [-0.39, 0.29) is 11.8 Å². The first-order valence-corrected chi connectivity index (χ1v) is 10.5. The maximum Gasteiger partial charge on any atom is 0.282 e. The van der Waals surface area contributed by atoms with Crippen LogP contribution in [0.15, 0.2) is 60.3 Å². The second-order valence-electron chi connectivity index (χ2n) is 7.39. The molecular weight excluding hydrogens is 378 g/mol. The molecule has 6 heteroatoms. The fourth-order valence-electron chi connectivity index (χ4n) is 4.08. The third-order valence-corrected chi connectivity index (χ3v) is 5.64. The predicted molar refractivity (Wildman–Crippen MR) is 117 cm³/mol. The molecule has 2 amide bonds. The fourth-order valence-corrected chi connectivity index (χ4v) is 4.08. The normalized spacial score (nSPS) is 17.8. The number of carbonyl (C=O) groups is 2. The molecule has 2 aliphatic rings. The quantitative estimate of drug-likeness (QED) is 0.692. The average molecular weight is 405 g/mol. The predicted octanol–water partition coefficient (Wildman–Crippen LogP) is 3.01. The molecule has 6 nitrogen and oxygen atoms in total. The number of rotatable bonds is 6. The van der Waals surface area contributed by atoms with E-state index in [4.69, 9.17) is 4.74 Å². The molecule has 156 valence electrons. The Morgan fingerprint density at radius 3 is 2.27 bits per heavy atom.